The molecule has 1 aliphatic carbocycles. The van der Waals surface area contributed by atoms with E-state index in [1.807, 2.05) is 0 Å². The summed E-state index contributed by atoms with van der Waals surface area (Å²) in [7, 11) is 1.44. The topological polar surface area (TPSA) is 152 Å². The van der Waals surface area contributed by atoms with E-state index in [2.05, 4.69) is 23.0 Å². The number of anilines is 1. The lowest BCUT2D eigenvalue weighted by atomic mass is 9.88. The van der Waals surface area contributed by atoms with Crippen molar-refractivity contribution >= 4 is 45.5 Å². The monoisotopic (exact) mass is 626 g/mol. The van der Waals surface area contributed by atoms with Crippen LogP contribution in [0.3, 0.4) is 0 Å². The van der Waals surface area contributed by atoms with Crippen LogP contribution in [0, 0.1) is 30.0 Å². The second kappa shape index (κ2) is 13.1. The molecule has 14 heteroatoms. The number of fused-ring (bicyclic) bond motifs is 1. The zero-order chi connectivity index (χ0) is 32.3. The van der Waals surface area contributed by atoms with Crippen molar-refractivity contribution in [1.82, 2.24) is 9.13 Å². The summed E-state index contributed by atoms with van der Waals surface area (Å²) in [5, 5.41) is 29.2. The largest absolute Gasteiger partial charge is 0.496 e. The van der Waals surface area contributed by atoms with Crippen LogP contribution in [0.2, 0.25) is 0 Å². The van der Waals surface area contributed by atoms with Gasteiger partial charge in [-0.05, 0) is 71.6 Å². The Hall–Kier alpha value is -4.35. The summed E-state index contributed by atoms with van der Waals surface area (Å²) in [6.45, 7) is 9.22. The van der Waals surface area contributed by atoms with Gasteiger partial charge in [0.25, 0.3) is 5.56 Å². The number of hydrogen-bond donors (Lipinski definition) is 1. The van der Waals surface area contributed by atoms with Crippen molar-refractivity contribution in [1.29, 1.82) is 5.26 Å². The second-order valence-corrected chi connectivity index (χ2v) is 12.0. The van der Waals surface area contributed by atoms with Gasteiger partial charge in [0.2, 0.25) is 0 Å². The Kier molecular flexibility index (Phi) is 9.70. The summed E-state index contributed by atoms with van der Waals surface area (Å²) in [4.78, 5) is 40.6. The number of benzene rings is 1. The number of halogens is 1. The SMILES string of the molecule is C=NN(/N=C\C)c1sc2c(c1C)c(=O)n(C(C)(C)C(=O)O)c(=O)n2C[C@H](O[C@H]1CC[C@@H](C#N)CC1)c1cc(F)ccc1OC. The van der Waals surface area contributed by atoms with E-state index in [4.69, 9.17) is 9.47 Å². The maximum Gasteiger partial charge on any atom is 0.333 e. The number of aromatic nitrogens is 2. The van der Waals surface area contributed by atoms with Gasteiger partial charge in [0.15, 0.2) is 0 Å². The second-order valence-electron chi connectivity index (χ2n) is 11.0. The third-order valence-electron chi connectivity index (χ3n) is 7.91. The number of aliphatic carboxylic acids is 1. The number of carboxylic acids is 1. The number of carbonyl (C=O) groups is 1. The lowest BCUT2D eigenvalue weighted by molar-refractivity contribution is -0.146. The summed E-state index contributed by atoms with van der Waals surface area (Å²) >= 11 is 1.06. The van der Waals surface area contributed by atoms with Crippen LogP contribution in [0.4, 0.5) is 9.39 Å². The van der Waals surface area contributed by atoms with Crippen LogP contribution in [0.5, 0.6) is 5.75 Å². The maximum atomic E-state index is 14.6. The van der Waals surface area contributed by atoms with Crippen LogP contribution in [-0.4, -0.2) is 46.4 Å². The summed E-state index contributed by atoms with van der Waals surface area (Å²) in [6.07, 6.45) is 2.66. The minimum absolute atomic E-state index is 0.0826. The first-order valence-electron chi connectivity index (χ1n) is 14.1. The van der Waals surface area contributed by atoms with E-state index >= 15 is 0 Å². The highest BCUT2D eigenvalue weighted by molar-refractivity contribution is 7.22. The molecule has 234 valence electrons. The molecule has 2 aromatic heterocycles. The van der Waals surface area contributed by atoms with Gasteiger partial charge >= 0.3 is 11.7 Å². The van der Waals surface area contributed by atoms with E-state index in [1.165, 1.54) is 55.1 Å². The van der Waals surface area contributed by atoms with Gasteiger partial charge in [0, 0.05) is 30.0 Å². The number of carboxylic acid groups (broad SMARTS) is 1. The molecule has 0 aliphatic heterocycles. The van der Waals surface area contributed by atoms with Crippen LogP contribution in [0.1, 0.15) is 63.7 Å². The highest BCUT2D eigenvalue weighted by atomic mass is 32.1. The lowest BCUT2D eigenvalue weighted by Crippen LogP contribution is -2.52. The zero-order valence-corrected chi connectivity index (χ0v) is 26.1. The van der Waals surface area contributed by atoms with Crippen molar-refractivity contribution in [3.05, 3.63) is 56.0 Å². The first-order chi connectivity index (χ1) is 20.9. The Bertz CT molecular complexity index is 1760. The molecular weight excluding hydrogens is 591 g/mol. The molecule has 1 aromatic carbocycles. The van der Waals surface area contributed by atoms with E-state index in [0.29, 0.717) is 52.1 Å². The molecule has 12 nitrogen and oxygen atoms in total. The third kappa shape index (κ3) is 6.02. The average Bonchev–Trinajstić information content (AvgIpc) is 3.34. The number of nitriles is 1. The number of hydrazone groups is 2. The molecule has 1 saturated carbocycles. The van der Waals surface area contributed by atoms with Crippen LogP contribution in [-0.2, 0) is 21.6 Å². The minimum atomic E-state index is -1.92. The smallest absolute Gasteiger partial charge is 0.333 e. The van der Waals surface area contributed by atoms with Crippen molar-refractivity contribution in [2.45, 2.75) is 77.7 Å². The van der Waals surface area contributed by atoms with Crippen molar-refractivity contribution in [3.8, 4) is 11.8 Å². The van der Waals surface area contributed by atoms with Crippen molar-refractivity contribution < 1.29 is 23.8 Å². The quantitative estimate of drug-likeness (QED) is 0.236. The van der Waals surface area contributed by atoms with E-state index in [0.717, 1.165) is 11.3 Å². The molecule has 0 spiro atoms. The number of thiophene rings is 1. The summed E-state index contributed by atoms with van der Waals surface area (Å²) in [5.41, 5.74) is -2.82. The fourth-order valence-electron chi connectivity index (χ4n) is 5.44. The van der Waals surface area contributed by atoms with Crippen molar-refractivity contribution in [2.75, 3.05) is 12.2 Å². The molecule has 0 bridgehead atoms. The predicted molar refractivity (Wildman–Crippen MR) is 166 cm³/mol. The number of ether oxygens (including phenoxy) is 2. The van der Waals surface area contributed by atoms with E-state index in [9.17, 15) is 29.1 Å². The minimum Gasteiger partial charge on any atom is -0.496 e. The molecule has 0 unspecified atom stereocenters. The molecule has 1 atom stereocenters. The fourth-order valence-corrected chi connectivity index (χ4v) is 6.67. The number of rotatable bonds is 11. The Morgan fingerprint density at radius 2 is 2.02 bits per heavy atom. The van der Waals surface area contributed by atoms with Gasteiger partial charge < -0.3 is 14.6 Å². The summed E-state index contributed by atoms with van der Waals surface area (Å²) in [5.74, 6) is -1.68. The fraction of sp³-hybridized carbons (Fsp3) is 0.467. The van der Waals surface area contributed by atoms with Gasteiger partial charge in [-0.15, -0.1) is 5.12 Å². The lowest BCUT2D eigenvalue weighted by Gasteiger charge is -2.31. The summed E-state index contributed by atoms with van der Waals surface area (Å²) in [6, 6.07) is 6.27. The molecule has 0 radical (unpaired) electrons. The Morgan fingerprint density at radius 3 is 2.59 bits per heavy atom. The highest BCUT2D eigenvalue weighted by Crippen LogP contribution is 2.39. The van der Waals surface area contributed by atoms with E-state index < -0.39 is 34.7 Å². The molecule has 3 aromatic rings. The maximum absolute atomic E-state index is 14.6. The number of aryl methyl sites for hydroxylation is 1. The Balaban J connectivity index is 2.00. The highest BCUT2D eigenvalue weighted by Gasteiger charge is 2.37. The first kappa shape index (κ1) is 32.6. The molecule has 1 aliphatic rings. The average molecular weight is 627 g/mol. The van der Waals surface area contributed by atoms with Gasteiger partial charge in [-0.2, -0.15) is 15.5 Å². The van der Waals surface area contributed by atoms with Gasteiger partial charge in [0.05, 0.1) is 31.2 Å². The molecule has 1 fully saturated rings. The van der Waals surface area contributed by atoms with E-state index in [1.54, 1.807) is 13.8 Å². The third-order valence-corrected chi connectivity index (χ3v) is 9.19. The Labute approximate surface area is 257 Å². The molecule has 2 heterocycles. The standard InChI is InChI=1S/C30H35FN6O6S/c1-7-34-37(33-5)26-17(2)24-25(38)36(30(3,4)28(39)40)29(41)35(27(24)44-26)16-23(21-14-19(31)10-13-22(21)42-6)43-20-11-8-18(15-32)9-12-20/h7,10,13-14,18,20,23H,5,8-9,11-12,16H2,1-4,6H3,(H,39,40)/b34-7-/t18-,20+,23-/m0/s1. The number of methoxy groups -OCH3 is 1. The Morgan fingerprint density at radius 1 is 1.34 bits per heavy atom. The zero-order valence-electron chi connectivity index (χ0n) is 25.2. The molecule has 0 saturated heterocycles. The molecule has 0 amide bonds. The van der Waals surface area contributed by atoms with Gasteiger partial charge in [-0.25, -0.2) is 18.5 Å². The molecular formula is C30H35FN6O6S. The number of hydrogen-bond acceptors (Lipinski definition) is 10. The molecule has 1 N–H and O–H groups in total. The first-order valence-corrected chi connectivity index (χ1v) is 14.9. The van der Waals surface area contributed by atoms with Crippen LogP contribution < -0.4 is 21.1 Å². The molecule has 4 rings (SSSR count). The van der Waals surface area contributed by atoms with Crippen LogP contribution in [0.15, 0.2) is 38.0 Å². The van der Waals surface area contributed by atoms with Crippen molar-refractivity contribution in [2.24, 2.45) is 16.1 Å². The van der Waals surface area contributed by atoms with Crippen LogP contribution in [0.25, 0.3) is 10.2 Å². The number of nitrogens with zero attached hydrogens (tertiary/aromatic N) is 6. The van der Waals surface area contributed by atoms with Gasteiger partial charge in [-0.3, -0.25) is 9.36 Å². The van der Waals surface area contributed by atoms with Gasteiger partial charge in [0.1, 0.15) is 33.0 Å². The van der Waals surface area contributed by atoms with Crippen LogP contribution >= 0.6 is 11.3 Å². The normalized spacial score (nSPS) is 17.8. The van der Waals surface area contributed by atoms with Gasteiger partial charge in [-0.1, -0.05) is 11.3 Å². The molecule has 44 heavy (non-hydrogen) atoms. The predicted octanol–water partition coefficient (Wildman–Crippen LogP) is 4.77. The van der Waals surface area contributed by atoms with E-state index in [-0.39, 0.29) is 28.8 Å². The van der Waals surface area contributed by atoms with Crippen molar-refractivity contribution in [3.63, 3.8) is 0 Å². The summed E-state index contributed by atoms with van der Waals surface area (Å²) < 4.78 is 28.7.